The molecule has 18 heavy (non-hydrogen) atoms. The van der Waals surface area contributed by atoms with Gasteiger partial charge in [-0.2, -0.15) is 0 Å². The summed E-state index contributed by atoms with van der Waals surface area (Å²) in [5, 5.41) is 12.0. The maximum absolute atomic E-state index is 11.8. The predicted molar refractivity (Wildman–Crippen MR) is 68.3 cm³/mol. The highest BCUT2D eigenvalue weighted by Crippen LogP contribution is 2.10. The van der Waals surface area contributed by atoms with E-state index in [2.05, 4.69) is 10.3 Å². The molecule has 92 valence electrons. The van der Waals surface area contributed by atoms with Gasteiger partial charge in [-0.1, -0.05) is 0 Å². The molecule has 0 aliphatic carbocycles. The number of aromatic nitrogens is 1. The first kappa shape index (κ1) is 12.1. The number of hydrogen-bond donors (Lipinski definition) is 2. The van der Waals surface area contributed by atoms with Crippen molar-refractivity contribution in [3.63, 3.8) is 0 Å². The second-order valence-corrected chi connectivity index (χ2v) is 4.03. The molecule has 0 saturated heterocycles. The predicted octanol–water partition coefficient (Wildman–Crippen LogP) is 2.03. The molecule has 0 radical (unpaired) electrons. The van der Waals surface area contributed by atoms with Crippen molar-refractivity contribution in [3.8, 4) is 5.75 Å². The Bertz CT molecular complexity index is 550. The van der Waals surface area contributed by atoms with Crippen molar-refractivity contribution >= 4 is 5.91 Å². The molecule has 0 bridgehead atoms. The van der Waals surface area contributed by atoms with Crippen molar-refractivity contribution in [1.82, 2.24) is 10.3 Å². The zero-order valence-electron chi connectivity index (χ0n) is 10.1. The van der Waals surface area contributed by atoms with Crippen LogP contribution in [0.1, 0.15) is 21.5 Å². The lowest BCUT2D eigenvalue weighted by molar-refractivity contribution is 0.0951. The molecule has 1 aromatic carbocycles. The maximum atomic E-state index is 11.8. The van der Waals surface area contributed by atoms with Crippen molar-refractivity contribution in [2.45, 2.75) is 13.5 Å². The highest BCUT2D eigenvalue weighted by Gasteiger charge is 2.05. The van der Waals surface area contributed by atoms with Gasteiger partial charge in [-0.15, -0.1) is 0 Å². The number of phenolic OH excluding ortho intramolecular Hbond substituents is 1. The molecule has 1 heterocycles. The summed E-state index contributed by atoms with van der Waals surface area (Å²) in [6.07, 6.45) is 3.47. The first-order valence-electron chi connectivity index (χ1n) is 5.63. The Morgan fingerprint density at radius 3 is 2.67 bits per heavy atom. The summed E-state index contributed by atoms with van der Waals surface area (Å²) in [4.78, 5) is 15.9. The monoisotopic (exact) mass is 242 g/mol. The summed E-state index contributed by atoms with van der Waals surface area (Å²) < 4.78 is 0. The van der Waals surface area contributed by atoms with E-state index < -0.39 is 0 Å². The van der Waals surface area contributed by atoms with E-state index in [1.165, 1.54) is 12.1 Å². The smallest absolute Gasteiger partial charge is 0.251 e. The van der Waals surface area contributed by atoms with Gasteiger partial charge >= 0.3 is 0 Å². The minimum atomic E-state index is -0.168. The van der Waals surface area contributed by atoms with Gasteiger partial charge in [0.25, 0.3) is 5.91 Å². The number of carbonyl (C=O) groups is 1. The Labute approximate surface area is 105 Å². The number of aryl methyl sites for hydroxylation is 1. The summed E-state index contributed by atoms with van der Waals surface area (Å²) in [6, 6.07) is 8.05. The number of amides is 1. The topological polar surface area (TPSA) is 62.2 Å². The minimum Gasteiger partial charge on any atom is -0.508 e. The van der Waals surface area contributed by atoms with Crippen molar-refractivity contribution < 1.29 is 9.90 Å². The Morgan fingerprint density at radius 1 is 1.28 bits per heavy atom. The fourth-order valence-corrected chi connectivity index (χ4v) is 1.57. The number of rotatable bonds is 3. The van der Waals surface area contributed by atoms with Crippen LogP contribution in [0.5, 0.6) is 5.75 Å². The number of phenols is 1. The minimum absolute atomic E-state index is 0.148. The third-order valence-electron chi connectivity index (χ3n) is 2.72. The van der Waals surface area contributed by atoms with Gasteiger partial charge in [0, 0.05) is 24.5 Å². The fourth-order valence-electron chi connectivity index (χ4n) is 1.57. The molecule has 0 unspecified atom stereocenters. The molecule has 1 aromatic heterocycles. The Kier molecular flexibility index (Phi) is 3.57. The summed E-state index contributed by atoms with van der Waals surface area (Å²) in [5.41, 5.74) is 2.61. The molecule has 0 spiro atoms. The molecule has 4 nitrogen and oxygen atoms in total. The molecule has 2 rings (SSSR count). The first-order valence-corrected chi connectivity index (χ1v) is 5.63. The van der Waals surface area contributed by atoms with Crippen LogP contribution in [0.15, 0.2) is 42.7 Å². The van der Waals surface area contributed by atoms with Crippen LogP contribution in [0.4, 0.5) is 0 Å². The standard InChI is InChI=1S/C14H14N2O2/c1-10-6-7-15-8-12(10)9-16-14(18)11-2-4-13(17)5-3-11/h2-8,17H,9H2,1H3,(H,16,18). The average Bonchev–Trinajstić information content (AvgIpc) is 2.38. The lowest BCUT2D eigenvalue weighted by Gasteiger charge is -2.07. The van der Waals surface area contributed by atoms with Crippen LogP contribution in [-0.4, -0.2) is 16.0 Å². The lowest BCUT2D eigenvalue weighted by atomic mass is 10.1. The van der Waals surface area contributed by atoms with E-state index in [1.54, 1.807) is 24.5 Å². The van der Waals surface area contributed by atoms with E-state index >= 15 is 0 Å². The summed E-state index contributed by atoms with van der Waals surface area (Å²) >= 11 is 0. The van der Waals surface area contributed by atoms with Gasteiger partial charge in [0.05, 0.1) is 0 Å². The van der Waals surface area contributed by atoms with Gasteiger partial charge < -0.3 is 10.4 Å². The quantitative estimate of drug-likeness (QED) is 0.865. The third kappa shape index (κ3) is 2.85. The van der Waals surface area contributed by atoms with Crippen LogP contribution in [0.3, 0.4) is 0 Å². The fraction of sp³-hybridized carbons (Fsp3) is 0.143. The molecule has 0 atom stereocenters. The van der Waals surface area contributed by atoms with Gasteiger partial charge in [0.2, 0.25) is 0 Å². The number of carbonyl (C=O) groups excluding carboxylic acids is 1. The van der Waals surface area contributed by atoms with Crippen molar-refractivity contribution in [1.29, 1.82) is 0 Å². The van der Waals surface area contributed by atoms with Gasteiger partial charge in [-0.3, -0.25) is 9.78 Å². The summed E-state index contributed by atoms with van der Waals surface area (Å²) in [5.74, 6) is -0.0205. The van der Waals surface area contributed by atoms with Gasteiger partial charge in [-0.25, -0.2) is 0 Å². The van der Waals surface area contributed by atoms with Crippen LogP contribution >= 0.6 is 0 Å². The van der Waals surface area contributed by atoms with Crippen molar-refractivity contribution in [3.05, 3.63) is 59.4 Å². The third-order valence-corrected chi connectivity index (χ3v) is 2.72. The van der Waals surface area contributed by atoms with Crippen molar-refractivity contribution in [2.24, 2.45) is 0 Å². The number of aromatic hydroxyl groups is 1. The van der Waals surface area contributed by atoms with Crippen LogP contribution in [0.25, 0.3) is 0 Å². The van der Waals surface area contributed by atoms with Crippen LogP contribution in [0.2, 0.25) is 0 Å². The molecular weight excluding hydrogens is 228 g/mol. The molecule has 0 aliphatic heterocycles. The van der Waals surface area contributed by atoms with Crippen LogP contribution < -0.4 is 5.32 Å². The zero-order chi connectivity index (χ0) is 13.0. The van der Waals surface area contributed by atoms with E-state index in [-0.39, 0.29) is 11.7 Å². The lowest BCUT2D eigenvalue weighted by Crippen LogP contribution is -2.23. The van der Waals surface area contributed by atoms with Gasteiger partial charge in [0.15, 0.2) is 0 Å². The van der Waals surface area contributed by atoms with E-state index in [4.69, 9.17) is 5.11 Å². The normalized spacial score (nSPS) is 10.1. The number of pyridine rings is 1. The highest BCUT2D eigenvalue weighted by molar-refractivity contribution is 5.94. The summed E-state index contributed by atoms with van der Waals surface area (Å²) in [7, 11) is 0. The molecule has 0 aliphatic rings. The van der Waals surface area contributed by atoms with Crippen molar-refractivity contribution in [2.75, 3.05) is 0 Å². The second kappa shape index (κ2) is 5.31. The molecular formula is C14H14N2O2. The zero-order valence-corrected chi connectivity index (χ0v) is 10.1. The first-order chi connectivity index (χ1) is 8.66. The molecule has 0 fully saturated rings. The summed E-state index contributed by atoms with van der Waals surface area (Å²) in [6.45, 7) is 2.42. The Balaban J connectivity index is 2.01. The SMILES string of the molecule is Cc1ccncc1CNC(=O)c1ccc(O)cc1. The van der Waals surface area contributed by atoms with E-state index in [0.29, 0.717) is 12.1 Å². The molecule has 2 aromatic rings. The Hall–Kier alpha value is -2.36. The maximum Gasteiger partial charge on any atom is 0.251 e. The highest BCUT2D eigenvalue weighted by atomic mass is 16.3. The largest absolute Gasteiger partial charge is 0.508 e. The molecule has 4 heteroatoms. The average molecular weight is 242 g/mol. The Morgan fingerprint density at radius 2 is 2.00 bits per heavy atom. The van der Waals surface area contributed by atoms with Gasteiger partial charge in [0.1, 0.15) is 5.75 Å². The second-order valence-electron chi connectivity index (χ2n) is 4.03. The molecule has 0 saturated carbocycles. The van der Waals surface area contributed by atoms with Crippen LogP contribution in [0, 0.1) is 6.92 Å². The number of hydrogen-bond acceptors (Lipinski definition) is 3. The molecule has 2 N–H and O–H groups in total. The molecule has 1 amide bonds. The number of nitrogens with zero attached hydrogens (tertiary/aromatic N) is 1. The van der Waals surface area contributed by atoms with E-state index in [1.807, 2.05) is 13.0 Å². The number of nitrogens with one attached hydrogen (secondary N) is 1. The number of benzene rings is 1. The van der Waals surface area contributed by atoms with E-state index in [9.17, 15) is 4.79 Å². The van der Waals surface area contributed by atoms with Crippen LogP contribution in [-0.2, 0) is 6.54 Å². The van der Waals surface area contributed by atoms with Gasteiger partial charge in [-0.05, 0) is 48.4 Å². The van der Waals surface area contributed by atoms with E-state index in [0.717, 1.165) is 11.1 Å².